The number of aryl methyl sites for hydroxylation is 3. The van der Waals surface area contributed by atoms with E-state index in [1.807, 2.05) is 90.9 Å². The summed E-state index contributed by atoms with van der Waals surface area (Å²) in [7, 11) is 4.98. The number of aromatic nitrogens is 12. The summed E-state index contributed by atoms with van der Waals surface area (Å²) in [5, 5.41) is 44.9. The lowest BCUT2D eigenvalue weighted by Gasteiger charge is -2.09. The summed E-state index contributed by atoms with van der Waals surface area (Å²) >= 11 is 15.7. The molecule has 0 aliphatic heterocycles. The van der Waals surface area contributed by atoms with Gasteiger partial charge in [0.25, 0.3) is 29.6 Å². The van der Waals surface area contributed by atoms with Crippen LogP contribution in [0.1, 0.15) is 459 Å². The number of nitrogens with one attached hydrogen (secondary N) is 2. The zero-order valence-corrected chi connectivity index (χ0v) is 99.0. The molecule has 0 radical (unpaired) electrons. The lowest BCUT2D eigenvalue weighted by molar-refractivity contribution is -0.0105. The summed E-state index contributed by atoms with van der Waals surface area (Å²) in [5.74, 6) is 8.74. The average molecular weight is 2130 g/mol. The van der Waals surface area contributed by atoms with Gasteiger partial charge in [0.2, 0.25) is 11.7 Å². The standard InChI is InChI=1S/C15H23NOS.C14H18F2N2OS.C14H20N2OS.2C14H19NO2S.C13H19N3S.C13H18N2OS.C13H18N2S2/c1-9(2)11-8-12(18-13(11)10(3)4)14(17)16-15(5)6-7-15;1-7(2)9-6-10(20-11(9)8(3)4)12-17-18-13(19-12)14(5,15)16;1-8(2)10-6-12(18-13(10)9(3)4)11-7-16-14(15-5)17-11;1-8(2)10-6-12(18-14(10)9(3)4)11-7-13(16-5)15-17-11;1-8(2)10-6-12(18-14(10)9(3)4)11-7-13(16-5)17-15-11;1-8(2)11-6-12(17-13(11)9(3)4)16-7-10(5)14-15-16;1-7(2)10-6-11(17-12(10)8(3)4)13-14-9(5)16-15-13;1-7(2)10-6-11(17-12(10)8(3)4)13-15-14-9(5)16-13/h8-10H,6-7H2,1-5H3,(H,16,17);6-8H,1-5H3;6-9H,1-5H3,(H,15,16);2*6-9H,1-5H3;6-9H,1-5H3;2*6-8H,1-5H3. The number of anilines is 1. The van der Waals surface area contributed by atoms with Gasteiger partial charge in [-0.3, -0.25) is 4.79 Å². The number of ether oxygens (including phenoxy) is 2. The normalized spacial score (nSPS) is 12.5. The number of nitrogens with zero attached hydrogens (tertiary/aromatic N) is 12. The second-order valence-corrected chi connectivity index (χ2v) is 51.4. The molecule has 0 unspecified atom stereocenters. The van der Waals surface area contributed by atoms with E-state index in [1.54, 1.807) is 77.1 Å². The predicted octanol–water partition coefficient (Wildman–Crippen LogP) is 36.5. The highest BCUT2D eigenvalue weighted by Gasteiger charge is 2.40. The summed E-state index contributed by atoms with van der Waals surface area (Å²) < 4.78 is 64.4. The van der Waals surface area contributed by atoms with Crippen molar-refractivity contribution in [2.75, 3.05) is 26.6 Å². The maximum Gasteiger partial charge on any atom is 0.321 e. The fraction of sp³-hybridized carbons (Fsp3) is 0.545. The van der Waals surface area contributed by atoms with Crippen molar-refractivity contribution in [3.05, 3.63) is 184 Å². The molecule has 15 aromatic rings. The van der Waals surface area contributed by atoms with E-state index in [0.717, 1.165) is 87.0 Å². The highest BCUT2D eigenvalue weighted by molar-refractivity contribution is 7.22. The zero-order valence-electron chi connectivity index (χ0n) is 91.6. The summed E-state index contributed by atoms with van der Waals surface area (Å²) in [5.41, 5.74) is 13.0. The molecule has 2 N–H and O–H groups in total. The van der Waals surface area contributed by atoms with E-state index in [4.69, 9.17) is 31.9 Å². The molecule has 15 aromatic heterocycles. The summed E-state index contributed by atoms with van der Waals surface area (Å²) in [6, 6.07) is 21.7. The second-order valence-electron chi connectivity index (χ2n) is 41.5. The van der Waals surface area contributed by atoms with Crippen LogP contribution in [0.4, 0.5) is 14.8 Å². The number of carbonyl (C=O) groups is 1. The van der Waals surface area contributed by atoms with Gasteiger partial charge in [-0.25, -0.2) is 9.67 Å². The van der Waals surface area contributed by atoms with E-state index in [9.17, 15) is 13.6 Å². The third-order valence-electron chi connectivity index (χ3n) is 23.3. The molecule has 1 aliphatic rings. The van der Waals surface area contributed by atoms with Crippen LogP contribution in [-0.2, 0) is 5.92 Å². The Hall–Kier alpha value is -9.06. The molecule has 0 atom stereocenters. The molecule has 0 saturated heterocycles. The van der Waals surface area contributed by atoms with Crippen molar-refractivity contribution in [1.82, 2.24) is 66.1 Å². The molecule has 0 bridgehead atoms. The zero-order chi connectivity index (χ0) is 106. The fourth-order valence-electron chi connectivity index (χ4n) is 15.3. The number of thiophene rings is 8. The molecule has 33 heteroatoms. The minimum absolute atomic E-state index is 0.0665. The molecule has 1 fully saturated rings. The maximum atomic E-state index is 13.1. The molecule has 1 aliphatic carbocycles. The minimum atomic E-state index is -3.11. The van der Waals surface area contributed by atoms with Gasteiger partial charge in [-0.1, -0.05) is 248 Å². The number of halogens is 2. The van der Waals surface area contributed by atoms with Crippen LogP contribution in [0.2, 0.25) is 0 Å². The number of amides is 1. The molecule has 143 heavy (non-hydrogen) atoms. The molecule has 1 amide bonds. The van der Waals surface area contributed by atoms with E-state index in [0.29, 0.717) is 124 Å². The van der Waals surface area contributed by atoms with Gasteiger partial charge in [0, 0.05) is 65.5 Å². The number of oxazole rings is 1. The Kier molecular flexibility index (Phi) is 42.7. The van der Waals surface area contributed by atoms with Crippen LogP contribution in [0.5, 0.6) is 11.8 Å². The first-order chi connectivity index (χ1) is 67.0. The molecule has 780 valence electrons. The molecule has 15 heterocycles. The van der Waals surface area contributed by atoms with Gasteiger partial charge in [0.1, 0.15) is 15.7 Å². The van der Waals surface area contributed by atoms with Crippen molar-refractivity contribution in [2.24, 2.45) is 0 Å². The lowest BCUT2D eigenvalue weighted by atomic mass is 9.98. The van der Waals surface area contributed by atoms with Crippen LogP contribution in [0, 0.1) is 20.8 Å². The first kappa shape index (κ1) is 117. The van der Waals surface area contributed by atoms with Crippen LogP contribution in [0.25, 0.3) is 68.2 Å². The Bertz CT molecular complexity index is 5810. The number of rotatable bonds is 29. The van der Waals surface area contributed by atoms with E-state index < -0.39 is 11.8 Å². The summed E-state index contributed by atoms with van der Waals surface area (Å²) in [4.78, 5) is 39.4. The Morgan fingerprint density at radius 3 is 1.22 bits per heavy atom. The molecule has 16 rings (SSSR count). The van der Waals surface area contributed by atoms with Crippen LogP contribution in [0.15, 0.2) is 95.5 Å². The van der Waals surface area contributed by atoms with E-state index in [2.05, 4.69) is 338 Å². The summed E-state index contributed by atoms with van der Waals surface area (Å²) in [6.45, 7) is 79.5. The third-order valence-corrected chi connectivity index (χ3v) is 35.9. The van der Waals surface area contributed by atoms with Crippen molar-refractivity contribution in [1.29, 1.82) is 0 Å². The van der Waals surface area contributed by atoms with E-state index in [-0.39, 0.29) is 17.3 Å². The van der Waals surface area contributed by atoms with Gasteiger partial charge in [-0.05, 0) is 226 Å². The number of methoxy groups -OCH3 is 2. The second kappa shape index (κ2) is 52.0. The van der Waals surface area contributed by atoms with Gasteiger partial charge >= 0.3 is 11.9 Å². The smallest absolute Gasteiger partial charge is 0.321 e. The topological polar surface area (TPSA) is 272 Å². The average Bonchev–Trinajstić information content (AvgIpc) is 1.66. The minimum Gasteiger partial charge on any atom is -0.479 e. The first-order valence-corrected chi connectivity index (χ1v) is 57.2. The number of hydrogen-bond acceptors (Lipinski definition) is 29. The van der Waals surface area contributed by atoms with Crippen molar-refractivity contribution < 1.29 is 45.5 Å². The van der Waals surface area contributed by atoms with E-state index in [1.165, 1.54) is 99.7 Å². The summed E-state index contributed by atoms with van der Waals surface area (Å²) in [6.07, 6.45) is 5.97. The maximum absolute atomic E-state index is 13.1. The van der Waals surface area contributed by atoms with Crippen molar-refractivity contribution in [3.63, 3.8) is 0 Å². The number of alkyl halides is 2. The number of carbonyl (C=O) groups excluding carboxylic acids is 1. The highest BCUT2D eigenvalue weighted by atomic mass is 32.1. The van der Waals surface area contributed by atoms with Gasteiger partial charge in [0.15, 0.2) is 16.5 Å². The van der Waals surface area contributed by atoms with Gasteiger partial charge in [0.05, 0.1) is 78.6 Å². The van der Waals surface area contributed by atoms with Crippen molar-refractivity contribution >= 4 is 114 Å². The van der Waals surface area contributed by atoms with Crippen LogP contribution in [0.3, 0.4) is 0 Å². The van der Waals surface area contributed by atoms with E-state index >= 15 is 0 Å². The Labute approximate surface area is 884 Å². The predicted molar refractivity (Wildman–Crippen MR) is 598 cm³/mol. The largest absolute Gasteiger partial charge is 0.479 e. The van der Waals surface area contributed by atoms with Crippen LogP contribution >= 0.6 is 102 Å². The van der Waals surface area contributed by atoms with Gasteiger partial charge in [-0.15, -0.1) is 116 Å². The highest BCUT2D eigenvalue weighted by Crippen LogP contribution is 2.48. The molecule has 0 aromatic carbocycles. The fourth-order valence-corrected chi connectivity index (χ4v) is 26.1. The first-order valence-electron chi connectivity index (χ1n) is 49.9. The Balaban J connectivity index is 0.000000182. The quantitative estimate of drug-likeness (QED) is 0.0441. The molecular weight excluding hydrogens is 1970 g/mol. The molecule has 22 nitrogen and oxygen atoms in total. The Morgan fingerprint density at radius 2 is 0.846 bits per heavy atom. The van der Waals surface area contributed by atoms with Crippen molar-refractivity contribution in [2.45, 2.75) is 375 Å². The van der Waals surface area contributed by atoms with Gasteiger partial charge in [-0.2, -0.15) is 13.8 Å². The van der Waals surface area contributed by atoms with Crippen molar-refractivity contribution in [3.8, 4) is 80.0 Å². The molecule has 1 saturated carbocycles. The number of hydrogen-bond donors (Lipinski definition) is 2. The Morgan fingerprint density at radius 1 is 0.427 bits per heavy atom. The monoisotopic (exact) mass is 2120 g/mol. The van der Waals surface area contributed by atoms with Crippen LogP contribution < -0.4 is 20.1 Å². The van der Waals surface area contributed by atoms with Gasteiger partial charge < -0.3 is 42.5 Å². The lowest BCUT2D eigenvalue weighted by Crippen LogP contribution is -2.33. The molecule has 0 spiro atoms. The SMILES string of the molecule is CC(C)c1cc(-c2nnc(C(C)(F)F)o2)sc1C(C)C.CC(C)c1cc(C(=O)NC2(C)CC2)sc1C(C)C.CNc1ncc(-c2cc(C(C)C)c(C(C)C)s2)o1.COc1cc(-c2cc(C(C)C)c(C(C)C)s2)no1.COc1cc(-c2cc(C(C)C)c(C(C)C)s2)on1.Cc1cn(-c2cc(C(C)C)c(C(C)C)s2)nn1.Cc1nc(-c2cc(C(C)C)c(C(C)C)s2)no1.Cc1nnc(-c2cc(C(C)C)c(C(C)C)s2)s1. The third kappa shape index (κ3) is 31.7. The van der Waals surface area contributed by atoms with Crippen LogP contribution in [-0.4, -0.2) is 93.5 Å². The molecular formula is C110H154F2N14O8S9.